The maximum atomic E-state index is 12.5. The van der Waals surface area contributed by atoms with Crippen LogP contribution in [0.15, 0.2) is 51.5 Å². The van der Waals surface area contributed by atoms with Crippen molar-refractivity contribution in [2.75, 3.05) is 13.7 Å². The van der Waals surface area contributed by atoms with Gasteiger partial charge in [0.2, 0.25) is 11.7 Å². The van der Waals surface area contributed by atoms with Crippen LogP contribution in [0.5, 0.6) is 5.75 Å². The summed E-state index contributed by atoms with van der Waals surface area (Å²) in [4.78, 5) is 18.4. The summed E-state index contributed by atoms with van der Waals surface area (Å²) in [6, 6.07) is 13.7. The van der Waals surface area contributed by atoms with Crippen molar-refractivity contribution in [3.63, 3.8) is 0 Å². The molecule has 0 spiro atoms. The van der Waals surface area contributed by atoms with E-state index in [0.717, 1.165) is 28.6 Å². The van der Waals surface area contributed by atoms with E-state index in [4.69, 9.17) is 9.26 Å². The third-order valence-electron chi connectivity index (χ3n) is 5.05. The van der Waals surface area contributed by atoms with Crippen molar-refractivity contribution in [3.05, 3.63) is 64.0 Å². The Balaban J connectivity index is 1.36. The molecule has 0 aliphatic heterocycles. The van der Waals surface area contributed by atoms with Crippen molar-refractivity contribution in [1.82, 2.24) is 15.0 Å². The van der Waals surface area contributed by atoms with E-state index in [0.29, 0.717) is 11.7 Å². The average Bonchev–Trinajstić information content (AvgIpc) is 3.20. The lowest BCUT2D eigenvalue weighted by atomic mass is 9.91. The first kappa shape index (κ1) is 19.6. The first-order chi connectivity index (χ1) is 14.1. The number of carbonyl (C=O) groups excluding carboxylic acids is 1. The molecule has 0 N–H and O–H groups in total. The number of benzene rings is 2. The third-order valence-corrected chi connectivity index (χ3v) is 5.55. The summed E-state index contributed by atoms with van der Waals surface area (Å²) >= 11 is 3.43. The molecule has 29 heavy (non-hydrogen) atoms. The summed E-state index contributed by atoms with van der Waals surface area (Å²) in [5, 5.41) is 4.01. The monoisotopic (exact) mass is 455 g/mol. The molecular formula is C22H22BrN3O3. The maximum absolute atomic E-state index is 12.5. The minimum Gasteiger partial charge on any atom is -0.483 e. The van der Waals surface area contributed by atoms with Crippen molar-refractivity contribution < 1.29 is 14.1 Å². The van der Waals surface area contributed by atoms with E-state index in [9.17, 15) is 4.79 Å². The van der Waals surface area contributed by atoms with E-state index in [2.05, 4.69) is 32.1 Å². The Morgan fingerprint density at radius 2 is 2.03 bits per heavy atom. The molecular weight excluding hydrogens is 434 g/mol. The number of nitrogens with zero attached hydrogens (tertiary/aromatic N) is 3. The van der Waals surface area contributed by atoms with Crippen LogP contribution < -0.4 is 4.74 Å². The molecule has 0 saturated heterocycles. The number of rotatable bonds is 6. The highest BCUT2D eigenvalue weighted by atomic mass is 79.9. The second-order valence-corrected chi connectivity index (χ2v) is 8.08. The lowest BCUT2D eigenvalue weighted by Gasteiger charge is -2.20. The van der Waals surface area contributed by atoms with Gasteiger partial charge in [-0.15, -0.1) is 0 Å². The molecule has 1 heterocycles. The lowest BCUT2D eigenvalue weighted by molar-refractivity contribution is -0.132. The summed E-state index contributed by atoms with van der Waals surface area (Å²) in [6.07, 6.45) is 4.47. The van der Waals surface area contributed by atoms with E-state index in [1.807, 2.05) is 36.4 Å². The van der Waals surface area contributed by atoms with Crippen LogP contribution in [-0.4, -0.2) is 34.6 Å². The van der Waals surface area contributed by atoms with Crippen molar-refractivity contribution >= 4 is 21.8 Å². The van der Waals surface area contributed by atoms with Gasteiger partial charge in [0.25, 0.3) is 5.91 Å². The normalized spacial score (nSPS) is 13.0. The fraction of sp³-hybridized carbons (Fsp3) is 0.318. The molecule has 0 atom stereocenters. The Morgan fingerprint density at radius 1 is 1.21 bits per heavy atom. The standard InChI is InChI=1S/C22H22BrN3O3/c1-26(13-20-24-22(25-29-20)16-8-4-9-17(23)12-16)21(27)14-28-19-11-5-7-15-6-2-3-10-18(15)19/h4-5,7-9,11-12H,2-3,6,10,13-14H2,1H3. The molecule has 7 heteroatoms. The van der Waals surface area contributed by atoms with E-state index in [1.165, 1.54) is 28.9 Å². The topological polar surface area (TPSA) is 68.5 Å². The third kappa shape index (κ3) is 4.67. The van der Waals surface area contributed by atoms with Crippen molar-refractivity contribution in [2.24, 2.45) is 0 Å². The summed E-state index contributed by atoms with van der Waals surface area (Å²) in [6.45, 7) is 0.218. The molecule has 1 aliphatic carbocycles. The molecule has 2 aromatic carbocycles. The summed E-state index contributed by atoms with van der Waals surface area (Å²) in [5.41, 5.74) is 3.42. The van der Waals surface area contributed by atoms with Gasteiger partial charge in [0.1, 0.15) is 5.75 Å². The number of carbonyl (C=O) groups is 1. The smallest absolute Gasteiger partial charge is 0.260 e. The molecule has 0 fully saturated rings. The molecule has 0 unspecified atom stereocenters. The Morgan fingerprint density at radius 3 is 2.90 bits per heavy atom. The van der Waals surface area contributed by atoms with Crippen LogP contribution in [0.4, 0.5) is 0 Å². The lowest BCUT2D eigenvalue weighted by Crippen LogP contribution is -2.31. The van der Waals surface area contributed by atoms with E-state index < -0.39 is 0 Å². The predicted molar refractivity (Wildman–Crippen MR) is 112 cm³/mol. The Hall–Kier alpha value is -2.67. The van der Waals surface area contributed by atoms with Gasteiger partial charge in [-0.2, -0.15) is 4.98 Å². The number of aromatic nitrogens is 2. The zero-order chi connectivity index (χ0) is 20.2. The Kier molecular flexibility index (Phi) is 5.94. The molecule has 0 saturated carbocycles. The van der Waals surface area contributed by atoms with Crippen LogP contribution in [0, 0.1) is 0 Å². The largest absolute Gasteiger partial charge is 0.483 e. The SMILES string of the molecule is CN(Cc1nc(-c2cccc(Br)c2)no1)C(=O)COc1cccc2c1CCCC2. The molecule has 6 nitrogen and oxygen atoms in total. The van der Waals surface area contributed by atoms with Gasteiger partial charge in [-0.3, -0.25) is 4.79 Å². The number of hydrogen-bond acceptors (Lipinski definition) is 5. The minimum absolute atomic E-state index is 0.0143. The molecule has 0 bridgehead atoms. The number of amides is 1. The first-order valence-corrected chi connectivity index (χ1v) is 10.5. The number of ether oxygens (including phenoxy) is 1. The quantitative estimate of drug-likeness (QED) is 0.550. The maximum Gasteiger partial charge on any atom is 0.260 e. The van der Waals surface area contributed by atoms with Crippen molar-refractivity contribution in [1.29, 1.82) is 0 Å². The van der Waals surface area contributed by atoms with Crippen molar-refractivity contribution in [2.45, 2.75) is 32.2 Å². The van der Waals surface area contributed by atoms with Crippen LogP contribution in [0.3, 0.4) is 0 Å². The number of hydrogen-bond donors (Lipinski definition) is 0. The highest BCUT2D eigenvalue weighted by molar-refractivity contribution is 9.10. The molecule has 1 amide bonds. The van der Waals surface area contributed by atoms with Crippen molar-refractivity contribution in [3.8, 4) is 17.1 Å². The summed E-state index contributed by atoms with van der Waals surface area (Å²) in [5.74, 6) is 1.56. The first-order valence-electron chi connectivity index (χ1n) is 9.66. The number of halogens is 1. The molecule has 3 aromatic rings. The minimum atomic E-state index is -0.138. The number of fused-ring (bicyclic) bond motifs is 1. The van der Waals surface area contributed by atoms with Crippen LogP contribution in [0.1, 0.15) is 29.9 Å². The predicted octanol–water partition coefficient (Wildman–Crippen LogP) is 4.42. The van der Waals surface area contributed by atoms with Crippen LogP contribution in [0.2, 0.25) is 0 Å². The van der Waals surface area contributed by atoms with Crippen LogP contribution in [-0.2, 0) is 24.2 Å². The molecule has 1 aliphatic rings. The van der Waals surface area contributed by atoms with E-state index in [-0.39, 0.29) is 19.1 Å². The second-order valence-electron chi connectivity index (χ2n) is 7.16. The summed E-state index contributed by atoms with van der Waals surface area (Å²) in [7, 11) is 1.70. The highest BCUT2D eigenvalue weighted by Crippen LogP contribution is 2.29. The van der Waals surface area contributed by atoms with Gasteiger partial charge in [-0.1, -0.05) is 45.4 Å². The van der Waals surface area contributed by atoms with Gasteiger partial charge >= 0.3 is 0 Å². The molecule has 4 rings (SSSR count). The summed E-state index contributed by atoms with van der Waals surface area (Å²) < 4.78 is 12.1. The fourth-order valence-corrected chi connectivity index (χ4v) is 3.89. The molecule has 1 aromatic heterocycles. The van der Waals surface area contributed by atoms with Gasteiger partial charge < -0.3 is 14.2 Å². The average molecular weight is 456 g/mol. The van der Waals surface area contributed by atoms with Gasteiger partial charge in [-0.05, 0) is 55.0 Å². The van der Waals surface area contributed by atoms with Gasteiger partial charge in [-0.25, -0.2) is 0 Å². The zero-order valence-electron chi connectivity index (χ0n) is 16.2. The van der Waals surface area contributed by atoms with Gasteiger partial charge in [0, 0.05) is 17.1 Å². The number of likely N-dealkylation sites (N-methyl/N-ethyl adjacent to an activating group) is 1. The van der Waals surface area contributed by atoms with Gasteiger partial charge in [0.05, 0.1) is 6.54 Å². The van der Waals surface area contributed by atoms with E-state index in [1.54, 1.807) is 7.05 Å². The highest BCUT2D eigenvalue weighted by Gasteiger charge is 2.18. The Bertz CT molecular complexity index is 1020. The fourth-order valence-electron chi connectivity index (χ4n) is 3.49. The van der Waals surface area contributed by atoms with Gasteiger partial charge in [0.15, 0.2) is 6.61 Å². The van der Waals surface area contributed by atoms with E-state index >= 15 is 0 Å². The second kappa shape index (κ2) is 8.78. The number of aryl methyl sites for hydroxylation is 1. The van der Waals surface area contributed by atoms with Crippen LogP contribution >= 0.6 is 15.9 Å². The zero-order valence-corrected chi connectivity index (χ0v) is 17.8. The molecule has 0 radical (unpaired) electrons. The van der Waals surface area contributed by atoms with Crippen LogP contribution in [0.25, 0.3) is 11.4 Å². The Labute approximate surface area is 178 Å². The molecule has 150 valence electrons.